The molecule has 0 N–H and O–H groups in total. The second kappa shape index (κ2) is 6.90. The van der Waals surface area contributed by atoms with E-state index in [1.165, 1.54) is 12.1 Å². The van der Waals surface area contributed by atoms with Gasteiger partial charge in [-0.15, -0.1) is 0 Å². The van der Waals surface area contributed by atoms with Gasteiger partial charge in [-0.3, -0.25) is 14.9 Å². The van der Waals surface area contributed by atoms with E-state index in [9.17, 15) is 14.9 Å². The molecule has 0 unspecified atom stereocenters. The standard InChI is InChI=1S/C7H6O.C6H5NO2/c8-6-7-4-2-1-3-5-7;8-7(9)6-4-2-1-3-5-6/h1-6H;1-5H. The van der Waals surface area contributed by atoms with Crippen LogP contribution in [-0.4, -0.2) is 11.2 Å². The van der Waals surface area contributed by atoms with Gasteiger partial charge in [0.15, 0.2) is 0 Å². The minimum absolute atomic E-state index is 0.137. The lowest BCUT2D eigenvalue weighted by Gasteiger charge is -1.85. The van der Waals surface area contributed by atoms with Gasteiger partial charge in [0.1, 0.15) is 6.29 Å². The fourth-order valence-corrected chi connectivity index (χ4v) is 1.08. The average Bonchev–Trinajstić information content (AvgIpc) is 2.41. The van der Waals surface area contributed by atoms with Crippen molar-refractivity contribution >= 4 is 12.0 Å². The fraction of sp³-hybridized carbons (Fsp3) is 0. The molecule has 86 valence electrons. The first-order valence-corrected chi connectivity index (χ1v) is 4.93. The summed E-state index contributed by atoms with van der Waals surface area (Å²) in [5, 5.41) is 10.0. The highest BCUT2D eigenvalue weighted by Crippen LogP contribution is 2.06. The normalized spacial score (nSPS) is 8.71. The van der Waals surface area contributed by atoms with Crippen LogP contribution in [0.15, 0.2) is 60.7 Å². The molecule has 0 aromatic heterocycles. The molecule has 0 radical (unpaired) electrons. The molecule has 0 atom stereocenters. The zero-order valence-corrected chi connectivity index (χ0v) is 9.02. The molecular formula is C13H11NO3. The number of benzene rings is 2. The van der Waals surface area contributed by atoms with Gasteiger partial charge in [-0.2, -0.15) is 0 Å². The Hall–Kier alpha value is -2.49. The Kier molecular flexibility index (Phi) is 5.10. The molecule has 2 aromatic carbocycles. The van der Waals surface area contributed by atoms with Crippen LogP contribution in [0.1, 0.15) is 10.4 Å². The van der Waals surface area contributed by atoms with E-state index in [4.69, 9.17) is 0 Å². The highest BCUT2D eigenvalue weighted by Gasteiger charge is 1.98. The van der Waals surface area contributed by atoms with Crippen molar-refractivity contribution in [2.75, 3.05) is 0 Å². The number of rotatable bonds is 2. The van der Waals surface area contributed by atoms with Gasteiger partial charge in [0.2, 0.25) is 0 Å². The van der Waals surface area contributed by atoms with E-state index in [1.807, 2.05) is 18.2 Å². The summed E-state index contributed by atoms with van der Waals surface area (Å²) in [6.07, 6.45) is 0.833. The molecule has 0 bridgehead atoms. The minimum Gasteiger partial charge on any atom is -0.298 e. The van der Waals surface area contributed by atoms with Crippen LogP contribution in [0.2, 0.25) is 0 Å². The first kappa shape index (κ1) is 12.6. The molecular weight excluding hydrogens is 218 g/mol. The molecule has 0 saturated carbocycles. The van der Waals surface area contributed by atoms with Crippen LogP contribution >= 0.6 is 0 Å². The second-order valence-electron chi connectivity index (χ2n) is 3.12. The van der Waals surface area contributed by atoms with Crippen molar-refractivity contribution in [1.82, 2.24) is 0 Å². The van der Waals surface area contributed by atoms with Crippen LogP contribution in [0, 0.1) is 10.1 Å². The summed E-state index contributed by atoms with van der Waals surface area (Å²) in [7, 11) is 0. The molecule has 2 aromatic rings. The lowest BCUT2D eigenvalue weighted by molar-refractivity contribution is -0.384. The van der Waals surface area contributed by atoms with Crippen LogP contribution < -0.4 is 0 Å². The van der Waals surface area contributed by atoms with Crippen LogP contribution in [-0.2, 0) is 0 Å². The van der Waals surface area contributed by atoms with Crippen LogP contribution in [0.4, 0.5) is 5.69 Å². The molecule has 4 nitrogen and oxygen atoms in total. The Morgan fingerprint density at radius 2 is 1.35 bits per heavy atom. The number of aldehydes is 1. The number of nitro benzene ring substituents is 1. The molecule has 0 saturated heterocycles. The minimum atomic E-state index is -0.417. The Bertz CT molecular complexity index is 469. The number of nitro groups is 1. The third-order valence-electron chi connectivity index (χ3n) is 1.90. The van der Waals surface area contributed by atoms with Crippen molar-refractivity contribution < 1.29 is 9.72 Å². The van der Waals surface area contributed by atoms with Crippen LogP contribution in [0.25, 0.3) is 0 Å². The van der Waals surface area contributed by atoms with Crippen molar-refractivity contribution in [2.24, 2.45) is 0 Å². The maximum atomic E-state index is 10.0. The molecule has 17 heavy (non-hydrogen) atoms. The second-order valence-corrected chi connectivity index (χ2v) is 3.12. The maximum Gasteiger partial charge on any atom is 0.269 e. The van der Waals surface area contributed by atoms with Gasteiger partial charge in [-0.1, -0.05) is 48.5 Å². The lowest BCUT2D eigenvalue weighted by atomic mass is 10.2. The molecule has 2 rings (SSSR count). The highest BCUT2D eigenvalue weighted by molar-refractivity contribution is 5.74. The number of carbonyl (C=O) groups excluding carboxylic acids is 1. The van der Waals surface area contributed by atoms with Crippen LogP contribution in [0.5, 0.6) is 0 Å². The number of hydrogen-bond acceptors (Lipinski definition) is 3. The van der Waals surface area contributed by atoms with E-state index in [-0.39, 0.29) is 5.69 Å². The van der Waals surface area contributed by atoms with E-state index < -0.39 is 4.92 Å². The van der Waals surface area contributed by atoms with Gasteiger partial charge in [0.25, 0.3) is 5.69 Å². The number of nitrogens with zero attached hydrogens (tertiary/aromatic N) is 1. The topological polar surface area (TPSA) is 60.2 Å². The average molecular weight is 229 g/mol. The maximum absolute atomic E-state index is 10.0. The van der Waals surface area contributed by atoms with Crippen molar-refractivity contribution in [3.63, 3.8) is 0 Å². The van der Waals surface area contributed by atoms with Crippen molar-refractivity contribution in [3.05, 3.63) is 76.3 Å². The number of hydrogen-bond donors (Lipinski definition) is 0. The third-order valence-corrected chi connectivity index (χ3v) is 1.90. The number of para-hydroxylation sites is 1. The number of carbonyl (C=O) groups is 1. The molecule has 0 aliphatic carbocycles. The predicted molar refractivity (Wildman–Crippen MR) is 64.9 cm³/mol. The van der Waals surface area contributed by atoms with Gasteiger partial charge in [0, 0.05) is 17.7 Å². The molecule has 0 fully saturated rings. The first-order chi connectivity index (χ1) is 8.24. The summed E-state index contributed by atoms with van der Waals surface area (Å²) in [4.78, 5) is 19.6. The molecule has 0 heterocycles. The quantitative estimate of drug-likeness (QED) is 0.451. The van der Waals surface area contributed by atoms with E-state index in [1.54, 1.807) is 30.3 Å². The van der Waals surface area contributed by atoms with E-state index in [0.717, 1.165) is 11.8 Å². The Morgan fingerprint density at radius 1 is 0.882 bits per heavy atom. The van der Waals surface area contributed by atoms with E-state index in [2.05, 4.69) is 0 Å². The fourth-order valence-electron chi connectivity index (χ4n) is 1.08. The summed E-state index contributed by atoms with van der Waals surface area (Å²) in [5.74, 6) is 0. The van der Waals surface area contributed by atoms with Crippen molar-refractivity contribution in [1.29, 1.82) is 0 Å². The Balaban J connectivity index is 0.000000171. The zero-order chi connectivity index (χ0) is 12.5. The smallest absolute Gasteiger partial charge is 0.269 e. The molecule has 0 aliphatic rings. The summed E-state index contributed by atoms with van der Waals surface area (Å²) in [6.45, 7) is 0. The van der Waals surface area contributed by atoms with Gasteiger partial charge in [-0.25, -0.2) is 0 Å². The lowest BCUT2D eigenvalue weighted by Crippen LogP contribution is -1.84. The summed E-state index contributed by atoms with van der Waals surface area (Å²) in [5.41, 5.74) is 0.866. The van der Waals surface area contributed by atoms with E-state index >= 15 is 0 Å². The van der Waals surface area contributed by atoms with E-state index in [0.29, 0.717) is 0 Å². The summed E-state index contributed by atoms with van der Waals surface area (Å²) in [6, 6.07) is 17.0. The van der Waals surface area contributed by atoms with Crippen molar-refractivity contribution in [2.45, 2.75) is 0 Å². The number of non-ortho nitro benzene ring substituents is 1. The third kappa shape index (κ3) is 4.70. The van der Waals surface area contributed by atoms with Crippen molar-refractivity contribution in [3.8, 4) is 0 Å². The molecule has 0 spiro atoms. The zero-order valence-electron chi connectivity index (χ0n) is 9.02. The SMILES string of the molecule is O=Cc1ccccc1.O=[N+]([O-])c1ccccc1. The molecule has 0 aliphatic heterocycles. The predicted octanol–water partition coefficient (Wildman–Crippen LogP) is 3.09. The Morgan fingerprint density at radius 3 is 1.65 bits per heavy atom. The largest absolute Gasteiger partial charge is 0.298 e. The highest BCUT2D eigenvalue weighted by atomic mass is 16.6. The monoisotopic (exact) mass is 229 g/mol. The molecule has 4 heteroatoms. The summed E-state index contributed by atoms with van der Waals surface area (Å²) >= 11 is 0. The van der Waals surface area contributed by atoms with Gasteiger partial charge in [0.05, 0.1) is 4.92 Å². The van der Waals surface area contributed by atoms with Crippen LogP contribution in [0.3, 0.4) is 0 Å². The molecule has 0 amide bonds. The van der Waals surface area contributed by atoms with Gasteiger partial charge in [-0.05, 0) is 0 Å². The van der Waals surface area contributed by atoms with Gasteiger partial charge < -0.3 is 0 Å². The van der Waals surface area contributed by atoms with Gasteiger partial charge >= 0.3 is 0 Å². The Labute approximate surface area is 98.7 Å². The first-order valence-electron chi connectivity index (χ1n) is 4.93. The summed E-state index contributed by atoms with van der Waals surface area (Å²) < 4.78 is 0.